The molecule has 0 bridgehead atoms. The van der Waals surface area contributed by atoms with Crippen LogP contribution in [0.15, 0.2) is 16.7 Å². The number of carbonyl (C=O) groups excluding carboxylic acids is 1. The van der Waals surface area contributed by atoms with E-state index in [9.17, 15) is 4.79 Å². The summed E-state index contributed by atoms with van der Waals surface area (Å²) in [6, 6.07) is 0. The van der Waals surface area contributed by atoms with Crippen molar-refractivity contribution in [1.29, 1.82) is 0 Å². The van der Waals surface area contributed by atoms with E-state index in [1.54, 1.807) is 11.3 Å². The van der Waals surface area contributed by atoms with E-state index in [1.165, 1.54) is 28.8 Å². The smallest absolute Gasteiger partial charge is 0.319 e. The third-order valence-electron chi connectivity index (χ3n) is 4.67. The van der Waals surface area contributed by atoms with Gasteiger partial charge in [-0.15, -0.1) is 30.1 Å². The van der Waals surface area contributed by atoms with Crippen LogP contribution in [0.1, 0.15) is 68.4 Å². The maximum absolute atomic E-state index is 13.0. The van der Waals surface area contributed by atoms with Crippen molar-refractivity contribution in [2.45, 2.75) is 65.2 Å². The number of ether oxygens (including phenoxy) is 1. The molecule has 1 aromatic rings. The number of fused-ring (bicyclic) bond motifs is 1. The van der Waals surface area contributed by atoms with Gasteiger partial charge in [-0.25, -0.2) is 0 Å². The molecule has 0 fully saturated rings. The number of esters is 1. The summed E-state index contributed by atoms with van der Waals surface area (Å²) in [5, 5.41) is 2.22. The summed E-state index contributed by atoms with van der Waals surface area (Å²) < 4.78 is 5.75. The van der Waals surface area contributed by atoms with Crippen molar-refractivity contribution >= 4 is 17.3 Å². The van der Waals surface area contributed by atoms with Crippen molar-refractivity contribution in [3.05, 3.63) is 32.7 Å². The predicted molar refractivity (Wildman–Crippen MR) is 104 cm³/mol. The number of hydrogen-bond acceptors (Lipinski definition) is 3. The molecule has 0 aromatic carbocycles. The number of terminal acetylenes is 2. The molecule has 0 amide bonds. The number of aryl methyl sites for hydroxylation is 1. The summed E-state index contributed by atoms with van der Waals surface area (Å²) in [4.78, 5) is 14.2. The summed E-state index contributed by atoms with van der Waals surface area (Å²) in [6.07, 6.45) is 16.2. The zero-order valence-corrected chi connectivity index (χ0v) is 16.2. The van der Waals surface area contributed by atoms with E-state index >= 15 is 0 Å². The Balaban J connectivity index is 2.30. The minimum Gasteiger partial charge on any atom is -0.430 e. The van der Waals surface area contributed by atoms with Gasteiger partial charge < -0.3 is 4.74 Å². The highest BCUT2D eigenvalue weighted by Gasteiger charge is 2.32. The first-order valence-corrected chi connectivity index (χ1v) is 9.73. The van der Waals surface area contributed by atoms with Gasteiger partial charge in [0.1, 0.15) is 5.76 Å². The lowest BCUT2D eigenvalue weighted by atomic mass is 9.86. The van der Waals surface area contributed by atoms with Crippen LogP contribution in [0.2, 0.25) is 0 Å². The summed E-state index contributed by atoms with van der Waals surface area (Å²) in [7, 11) is 0. The van der Waals surface area contributed by atoms with Crippen LogP contribution in [-0.2, 0) is 22.4 Å². The van der Waals surface area contributed by atoms with Gasteiger partial charge in [-0.05, 0) is 60.6 Å². The molecule has 1 unspecified atom stereocenters. The Morgan fingerprint density at radius 3 is 2.56 bits per heavy atom. The summed E-state index contributed by atoms with van der Waals surface area (Å²) in [5.74, 6) is 5.37. The predicted octanol–water partition coefficient (Wildman–Crippen LogP) is 5.23. The summed E-state index contributed by atoms with van der Waals surface area (Å²) >= 11 is 1.70. The quantitative estimate of drug-likeness (QED) is 0.397. The monoisotopic (exact) mass is 354 g/mol. The molecule has 0 saturated heterocycles. The normalized spacial score (nSPS) is 15.6. The second-order valence-corrected chi connectivity index (χ2v) is 7.83. The molecule has 1 aliphatic carbocycles. The Kier molecular flexibility index (Phi) is 6.91. The largest absolute Gasteiger partial charge is 0.430 e. The molecular weight excluding hydrogens is 328 g/mol. The van der Waals surface area contributed by atoms with Crippen LogP contribution >= 0.6 is 11.3 Å². The maximum atomic E-state index is 13.0. The van der Waals surface area contributed by atoms with E-state index in [-0.39, 0.29) is 24.2 Å². The number of thiophene rings is 1. The number of allylic oxidation sites excluding steroid dienone is 2. The van der Waals surface area contributed by atoms with E-state index in [1.807, 2.05) is 6.92 Å². The highest BCUT2D eigenvalue weighted by atomic mass is 32.1. The lowest BCUT2D eigenvalue weighted by Crippen LogP contribution is -2.22. The van der Waals surface area contributed by atoms with E-state index in [0.717, 1.165) is 18.4 Å². The SMILES string of the molecule is C#CCC(C)=C(CC#C)OC(=O)C(c1scc2c1CCCC2)C(C)C. The Labute approximate surface area is 155 Å². The molecule has 25 heavy (non-hydrogen) atoms. The lowest BCUT2D eigenvalue weighted by Gasteiger charge is -2.22. The van der Waals surface area contributed by atoms with Gasteiger partial charge in [0.15, 0.2) is 0 Å². The van der Waals surface area contributed by atoms with Crippen LogP contribution in [0.25, 0.3) is 0 Å². The van der Waals surface area contributed by atoms with Crippen molar-refractivity contribution in [2.24, 2.45) is 5.92 Å². The van der Waals surface area contributed by atoms with Crippen molar-refractivity contribution in [1.82, 2.24) is 0 Å². The molecule has 2 nitrogen and oxygen atoms in total. The van der Waals surface area contributed by atoms with Crippen molar-refractivity contribution in [2.75, 3.05) is 0 Å². The Bertz CT molecular complexity index is 737. The van der Waals surface area contributed by atoms with Gasteiger partial charge in [0.25, 0.3) is 0 Å². The molecule has 0 N–H and O–H groups in total. The van der Waals surface area contributed by atoms with E-state index < -0.39 is 0 Å². The van der Waals surface area contributed by atoms with Crippen molar-refractivity contribution in [3.63, 3.8) is 0 Å². The molecule has 3 heteroatoms. The van der Waals surface area contributed by atoms with Crippen LogP contribution in [-0.4, -0.2) is 5.97 Å². The van der Waals surface area contributed by atoms with Gasteiger partial charge in [-0.3, -0.25) is 4.79 Å². The molecule has 0 saturated carbocycles. The molecule has 1 aliphatic rings. The number of rotatable bonds is 6. The molecule has 132 valence electrons. The van der Waals surface area contributed by atoms with Crippen LogP contribution in [0.4, 0.5) is 0 Å². The van der Waals surface area contributed by atoms with Crippen molar-refractivity contribution < 1.29 is 9.53 Å². The Hall–Kier alpha value is -1.97. The van der Waals surface area contributed by atoms with Crippen LogP contribution < -0.4 is 0 Å². The van der Waals surface area contributed by atoms with Gasteiger partial charge in [-0.2, -0.15) is 0 Å². The summed E-state index contributed by atoms with van der Waals surface area (Å²) in [6.45, 7) is 6.01. The minimum atomic E-state index is -0.252. The fraction of sp³-hybridized carbons (Fsp3) is 0.500. The minimum absolute atomic E-state index is 0.164. The number of carbonyl (C=O) groups is 1. The Morgan fingerprint density at radius 2 is 1.92 bits per heavy atom. The second kappa shape index (κ2) is 8.93. The average Bonchev–Trinajstić information content (AvgIpc) is 2.98. The molecule has 1 heterocycles. The van der Waals surface area contributed by atoms with Gasteiger partial charge >= 0.3 is 5.97 Å². The lowest BCUT2D eigenvalue weighted by molar-refractivity contribution is -0.142. The average molecular weight is 355 g/mol. The van der Waals surface area contributed by atoms with Gasteiger partial charge in [-0.1, -0.05) is 19.8 Å². The van der Waals surface area contributed by atoms with Crippen molar-refractivity contribution in [3.8, 4) is 24.7 Å². The molecule has 1 aromatic heterocycles. The van der Waals surface area contributed by atoms with Crippen LogP contribution in [0, 0.1) is 30.6 Å². The molecule has 0 aliphatic heterocycles. The first-order valence-electron chi connectivity index (χ1n) is 8.85. The van der Waals surface area contributed by atoms with E-state index in [4.69, 9.17) is 17.6 Å². The second-order valence-electron chi connectivity index (χ2n) is 6.92. The first-order chi connectivity index (χ1) is 12.0. The third-order valence-corrected chi connectivity index (χ3v) is 5.83. The molecular formula is C22H26O2S. The standard InChI is InChI=1S/C22H26O2S/c1-6-10-16(5)19(11-7-2)24-22(23)20(15(3)4)21-18-13-9-8-12-17(18)14-25-21/h1-2,14-15,20H,8-13H2,3-5H3. The summed E-state index contributed by atoms with van der Waals surface area (Å²) in [5.41, 5.74) is 3.63. The Morgan fingerprint density at radius 1 is 1.24 bits per heavy atom. The molecule has 1 atom stereocenters. The number of hydrogen-bond donors (Lipinski definition) is 0. The van der Waals surface area contributed by atoms with E-state index in [0.29, 0.717) is 12.2 Å². The fourth-order valence-corrected chi connectivity index (χ4v) is 4.71. The first kappa shape index (κ1) is 19.4. The zero-order chi connectivity index (χ0) is 18.4. The highest BCUT2D eigenvalue weighted by molar-refractivity contribution is 7.10. The third kappa shape index (κ3) is 4.56. The zero-order valence-electron chi connectivity index (χ0n) is 15.4. The topological polar surface area (TPSA) is 26.3 Å². The van der Waals surface area contributed by atoms with Gasteiger partial charge in [0.05, 0.1) is 12.3 Å². The maximum Gasteiger partial charge on any atom is 0.319 e. The fourth-order valence-electron chi connectivity index (χ4n) is 3.29. The highest BCUT2D eigenvalue weighted by Crippen LogP contribution is 2.39. The molecule has 0 radical (unpaired) electrons. The van der Waals surface area contributed by atoms with E-state index in [2.05, 4.69) is 31.1 Å². The van der Waals surface area contributed by atoms with Gasteiger partial charge in [0, 0.05) is 11.3 Å². The van der Waals surface area contributed by atoms with Gasteiger partial charge in [0.2, 0.25) is 0 Å². The van der Waals surface area contributed by atoms with Crippen LogP contribution in [0.3, 0.4) is 0 Å². The molecule has 0 spiro atoms. The van der Waals surface area contributed by atoms with Crippen LogP contribution in [0.5, 0.6) is 0 Å². The molecule has 2 rings (SSSR count).